The van der Waals surface area contributed by atoms with Crippen LogP contribution >= 0.6 is 0 Å². The SMILES string of the molecule is [CH2-]N[CH-]C#CC(C)(C)C(C)C.[CH3-].[W+2].[Y]. The van der Waals surface area contributed by atoms with Crippen LogP contribution in [0.4, 0.5) is 0 Å². The van der Waals surface area contributed by atoms with Crippen LogP contribution in [0.15, 0.2) is 0 Å². The molecule has 0 aliphatic heterocycles. The van der Waals surface area contributed by atoms with Gasteiger partial charge in [0, 0.05) is 32.7 Å². The van der Waals surface area contributed by atoms with E-state index >= 15 is 0 Å². The van der Waals surface area contributed by atoms with Gasteiger partial charge in [0.15, 0.2) is 0 Å². The second-order valence-electron chi connectivity index (χ2n) is 3.49. The fraction of sp³-hybridized carbons (Fsp3) is 0.545. The molecule has 0 atom stereocenters. The largest absolute Gasteiger partial charge is 2.00 e. The van der Waals surface area contributed by atoms with Gasteiger partial charge in [0.25, 0.3) is 0 Å². The number of rotatable bonds is 2. The van der Waals surface area contributed by atoms with Gasteiger partial charge in [0.2, 0.25) is 0 Å². The van der Waals surface area contributed by atoms with Gasteiger partial charge in [-0.15, -0.1) is 0 Å². The first kappa shape index (κ1) is 24.4. The Balaban J connectivity index is -0.000000167. The molecule has 0 aromatic rings. The third-order valence-corrected chi connectivity index (χ3v) is 2.01. The van der Waals surface area contributed by atoms with Crippen molar-refractivity contribution in [3.8, 4) is 11.8 Å². The van der Waals surface area contributed by atoms with E-state index in [1.54, 1.807) is 6.54 Å². The van der Waals surface area contributed by atoms with Gasteiger partial charge in [-0.05, 0) is 5.92 Å². The molecule has 0 spiro atoms. The molecule has 0 saturated carbocycles. The van der Waals surface area contributed by atoms with E-state index in [-0.39, 0.29) is 66.6 Å². The second-order valence-corrected chi connectivity index (χ2v) is 3.49. The van der Waals surface area contributed by atoms with Gasteiger partial charge in [0.05, 0.1) is 0 Å². The van der Waals surface area contributed by atoms with Gasteiger partial charge in [-0.3, -0.25) is 13.0 Å². The molecule has 0 rings (SSSR count). The smallest absolute Gasteiger partial charge is 0.524 e. The molecule has 0 heterocycles. The molecule has 1 N–H and O–H groups in total. The van der Waals surface area contributed by atoms with Crippen molar-refractivity contribution in [2.45, 2.75) is 27.7 Å². The number of nitrogens with one attached hydrogen (secondary N) is 1. The summed E-state index contributed by atoms with van der Waals surface area (Å²) in [5, 5.41) is 2.63. The van der Waals surface area contributed by atoms with E-state index in [1.807, 2.05) is 0 Å². The topological polar surface area (TPSA) is 12.0 Å². The van der Waals surface area contributed by atoms with Crippen LogP contribution in [-0.2, 0) is 53.8 Å². The van der Waals surface area contributed by atoms with E-state index < -0.39 is 0 Å². The van der Waals surface area contributed by atoms with Crippen LogP contribution in [0.3, 0.4) is 0 Å². The Labute approximate surface area is 130 Å². The quantitative estimate of drug-likeness (QED) is 0.516. The molecule has 79 valence electrons. The first-order valence-electron chi connectivity index (χ1n) is 3.87. The van der Waals surface area contributed by atoms with Crippen LogP contribution in [-0.4, -0.2) is 0 Å². The summed E-state index contributed by atoms with van der Waals surface area (Å²) in [5.74, 6) is 6.64. The first-order chi connectivity index (χ1) is 5.00. The van der Waals surface area contributed by atoms with Crippen molar-refractivity contribution in [1.29, 1.82) is 0 Å². The molecule has 0 saturated heterocycles. The molecule has 1 nitrogen and oxygen atoms in total. The molecule has 0 aliphatic carbocycles. The average Bonchev–Trinajstić information content (AvgIpc) is 1.88. The molecule has 1 radical (unpaired) electrons. The van der Waals surface area contributed by atoms with Gasteiger partial charge in [-0.25, -0.2) is 0 Å². The van der Waals surface area contributed by atoms with E-state index in [4.69, 9.17) is 0 Å². The Hall–Kier alpha value is 1.18. The standard InChI is InChI=1S/C10H17N.CH3.W.Y/c1-9(2)10(3,4)7-6-8-11-5;;;/h8-9,11H,5H2,1-4H3;1H3;;/q-2;-1;+2;. The molecule has 14 heavy (non-hydrogen) atoms. The van der Waals surface area contributed by atoms with Crippen molar-refractivity contribution < 1.29 is 53.8 Å². The monoisotopic (exact) mass is 439 g/mol. The fourth-order valence-corrected chi connectivity index (χ4v) is 0.417. The predicted octanol–water partition coefficient (Wildman–Crippen LogP) is 2.66. The van der Waals surface area contributed by atoms with Crippen molar-refractivity contribution in [2.24, 2.45) is 11.3 Å². The Kier molecular flexibility index (Phi) is 21.4. The Bertz CT molecular complexity index is 168. The first-order valence-corrected chi connectivity index (χ1v) is 3.87. The number of hydrogen-bond acceptors (Lipinski definition) is 1. The molecular formula is C11H20NWY-. The summed E-state index contributed by atoms with van der Waals surface area (Å²) < 4.78 is 0. The van der Waals surface area contributed by atoms with E-state index in [1.165, 1.54) is 0 Å². The summed E-state index contributed by atoms with van der Waals surface area (Å²) in [6.45, 7) is 10.3. The maximum atomic E-state index is 3.44. The minimum atomic E-state index is 0. The van der Waals surface area contributed by atoms with Crippen molar-refractivity contribution in [3.63, 3.8) is 0 Å². The molecule has 0 aromatic heterocycles. The third-order valence-electron chi connectivity index (χ3n) is 2.01. The van der Waals surface area contributed by atoms with Crippen LogP contribution in [0.5, 0.6) is 0 Å². The van der Waals surface area contributed by atoms with E-state index in [0.29, 0.717) is 5.92 Å². The van der Waals surface area contributed by atoms with Crippen LogP contribution < -0.4 is 5.32 Å². The molecule has 3 heteroatoms. The van der Waals surface area contributed by atoms with Crippen LogP contribution in [0.2, 0.25) is 0 Å². The molecular weight excluding hydrogens is 419 g/mol. The molecule has 0 aromatic carbocycles. The average molecular weight is 439 g/mol. The normalized spacial score (nSPS) is 8.43. The Morgan fingerprint density at radius 3 is 2.07 bits per heavy atom. The van der Waals surface area contributed by atoms with Crippen molar-refractivity contribution in [2.75, 3.05) is 0 Å². The Morgan fingerprint density at radius 1 is 1.36 bits per heavy atom. The maximum Gasteiger partial charge on any atom is 2.00 e. The maximum absolute atomic E-state index is 3.44. The fourth-order valence-electron chi connectivity index (χ4n) is 0.417. The van der Waals surface area contributed by atoms with Gasteiger partial charge < -0.3 is 18.7 Å². The second kappa shape index (κ2) is 12.3. The van der Waals surface area contributed by atoms with Crippen molar-refractivity contribution in [3.05, 3.63) is 21.0 Å². The van der Waals surface area contributed by atoms with E-state index in [2.05, 4.69) is 51.9 Å². The molecule has 0 unspecified atom stereocenters. The predicted molar refractivity (Wildman–Crippen MR) is 55.6 cm³/mol. The summed E-state index contributed by atoms with van der Waals surface area (Å²) in [6, 6.07) is 0. The minimum absolute atomic E-state index is 0. The zero-order chi connectivity index (χ0) is 8.91. The van der Waals surface area contributed by atoms with Gasteiger partial charge in [-0.2, -0.15) is 6.54 Å². The van der Waals surface area contributed by atoms with Crippen molar-refractivity contribution >= 4 is 0 Å². The van der Waals surface area contributed by atoms with Gasteiger partial charge >= 0.3 is 21.1 Å². The zero-order valence-corrected chi connectivity index (χ0v) is 15.6. The third kappa shape index (κ3) is 11.3. The van der Waals surface area contributed by atoms with Crippen LogP contribution in [0.1, 0.15) is 27.7 Å². The zero-order valence-electron chi connectivity index (χ0n) is 9.85. The summed E-state index contributed by atoms with van der Waals surface area (Å²) in [6.07, 6.45) is 0. The number of hydrogen-bond donors (Lipinski definition) is 1. The summed E-state index contributed by atoms with van der Waals surface area (Å²) in [5.41, 5.74) is 0.0906. The molecule has 0 aliphatic rings. The minimum Gasteiger partial charge on any atom is -0.524 e. The Morgan fingerprint density at radius 2 is 1.79 bits per heavy atom. The van der Waals surface area contributed by atoms with Crippen LogP contribution in [0.25, 0.3) is 0 Å². The molecule has 0 fully saturated rings. The van der Waals surface area contributed by atoms with Gasteiger partial charge in [-0.1, -0.05) is 33.1 Å². The van der Waals surface area contributed by atoms with E-state index in [0.717, 1.165) is 0 Å². The van der Waals surface area contributed by atoms with Crippen LogP contribution in [0, 0.1) is 44.2 Å². The summed E-state index contributed by atoms with van der Waals surface area (Å²) >= 11 is 0. The summed E-state index contributed by atoms with van der Waals surface area (Å²) in [4.78, 5) is 0. The summed E-state index contributed by atoms with van der Waals surface area (Å²) in [7, 11) is 3.44. The van der Waals surface area contributed by atoms with Gasteiger partial charge in [0.1, 0.15) is 0 Å². The molecule has 0 bridgehead atoms. The molecule has 0 amide bonds. The van der Waals surface area contributed by atoms with E-state index in [9.17, 15) is 0 Å². The van der Waals surface area contributed by atoms with Crippen molar-refractivity contribution in [1.82, 2.24) is 5.32 Å².